The van der Waals surface area contributed by atoms with Crippen molar-refractivity contribution in [3.05, 3.63) is 70.4 Å². The van der Waals surface area contributed by atoms with Crippen molar-refractivity contribution < 1.29 is 15.0 Å². The molecule has 0 aliphatic rings. The van der Waals surface area contributed by atoms with E-state index in [4.69, 9.17) is 28.9 Å². The van der Waals surface area contributed by atoms with Gasteiger partial charge in [0.2, 0.25) is 5.88 Å². The van der Waals surface area contributed by atoms with Crippen LogP contribution in [0.25, 0.3) is 5.69 Å². The monoisotopic (exact) mass is 429 g/mol. The molecule has 0 fully saturated rings. The average molecular weight is 430 g/mol. The van der Waals surface area contributed by atoms with Crippen molar-refractivity contribution in [1.29, 1.82) is 0 Å². The zero-order chi connectivity index (χ0) is 21.0. The molecule has 1 heterocycles. The van der Waals surface area contributed by atoms with Crippen LogP contribution >= 0.6 is 23.8 Å². The Bertz CT molecular complexity index is 1100. The van der Waals surface area contributed by atoms with Crippen molar-refractivity contribution in [3.8, 4) is 11.6 Å². The van der Waals surface area contributed by atoms with Gasteiger partial charge in [-0.15, -0.1) is 0 Å². The van der Waals surface area contributed by atoms with Crippen molar-refractivity contribution in [3.63, 3.8) is 0 Å². The lowest BCUT2D eigenvalue weighted by Crippen LogP contribution is -2.23. The predicted molar refractivity (Wildman–Crippen MR) is 115 cm³/mol. The second-order valence-corrected chi connectivity index (χ2v) is 6.77. The van der Waals surface area contributed by atoms with Crippen molar-refractivity contribution in [2.24, 2.45) is 5.10 Å². The number of hydrazone groups is 1. The molecule has 0 aliphatic heterocycles. The Hall–Kier alpha value is -3.43. The lowest BCUT2D eigenvalue weighted by atomic mass is 10.2. The number of aromatic nitrogens is 2. The zero-order valence-corrected chi connectivity index (χ0v) is 16.7. The first-order valence-electron chi connectivity index (χ1n) is 8.33. The van der Waals surface area contributed by atoms with Crippen LogP contribution in [0.1, 0.15) is 21.6 Å². The topological polar surface area (TPSA) is 112 Å². The number of halogens is 1. The molecule has 29 heavy (non-hydrogen) atoms. The van der Waals surface area contributed by atoms with Gasteiger partial charge in [0.1, 0.15) is 0 Å². The minimum absolute atomic E-state index is 0.0848. The van der Waals surface area contributed by atoms with E-state index in [1.807, 2.05) is 0 Å². The molecule has 0 saturated heterocycles. The minimum atomic E-state index is -1.00. The van der Waals surface area contributed by atoms with E-state index in [0.29, 0.717) is 27.7 Å². The third-order valence-corrected chi connectivity index (χ3v) is 4.31. The lowest BCUT2D eigenvalue weighted by Gasteiger charge is -2.07. The Labute approximate surface area is 176 Å². The van der Waals surface area contributed by atoms with Gasteiger partial charge in [0.05, 0.1) is 28.7 Å². The third kappa shape index (κ3) is 4.89. The number of carbonyl (C=O) groups is 1. The number of rotatable bonds is 5. The van der Waals surface area contributed by atoms with Crippen LogP contribution in [-0.2, 0) is 0 Å². The van der Waals surface area contributed by atoms with Crippen LogP contribution in [0.2, 0.25) is 5.02 Å². The summed E-state index contributed by atoms with van der Waals surface area (Å²) in [7, 11) is 0. The number of hydrogen-bond acceptors (Lipinski definition) is 5. The van der Waals surface area contributed by atoms with Crippen LogP contribution in [-0.4, -0.2) is 37.3 Å². The molecule has 0 radical (unpaired) electrons. The molecule has 0 aliphatic carbocycles. The Morgan fingerprint density at radius 3 is 2.66 bits per heavy atom. The molecule has 0 amide bonds. The van der Waals surface area contributed by atoms with Crippen LogP contribution in [0.15, 0.2) is 53.6 Å². The molecule has 10 heteroatoms. The van der Waals surface area contributed by atoms with E-state index in [-0.39, 0.29) is 16.6 Å². The molecule has 3 aromatic rings. The number of hydrogen-bond donors (Lipinski definition) is 4. The average Bonchev–Trinajstić information content (AvgIpc) is 2.96. The summed E-state index contributed by atoms with van der Waals surface area (Å²) in [4.78, 5) is 10.9. The number of aromatic carboxylic acids is 1. The summed E-state index contributed by atoms with van der Waals surface area (Å²) >= 11 is 11.1. The molecule has 2 aromatic carbocycles. The van der Waals surface area contributed by atoms with Crippen molar-refractivity contribution in [2.45, 2.75) is 6.92 Å². The molecule has 0 bridgehead atoms. The molecule has 3 rings (SSSR count). The number of nitrogens with zero attached hydrogens (tertiary/aromatic N) is 3. The Morgan fingerprint density at radius 1 is 1.28 bits per heavy atom. The molecule has 0 unspecified atom stereocenters. The normalized spacial score (nSPS) is 10.8. The standard InChI is InChI=1S/C19H16ClN5O3S/c1-11-16(17(26)25(24-11)15-4-2-3-13(20)9-15)10-21-23-19(29)22-14-7-5-12(6-8-14)18(27)28/h2-10,26H,1H3,(H,27,28)(H2,22,23,29). The van der Waals surface area contributed by atoms with Gasteiger partial charge < -0.3 is 15.5 Å². The minimum Gasteiger partial charge on any atom is -0.493 e. The van der Waals surface area contributed by atoms with Crippen LogP contribution in [0, 0.1) is 6.92 Å². The van der Waals surface area contributed by atoms with Gasteiger partial charge in [0.15, 0.2) is 5.11 Å². The number of carboxylic acid groups (broad SMARTS) is 1. The predicted octanol–water partition coefficient (Wildman–Crippen LogP) is 3.56. The second kappa shape index (κ2) is 8.72. The Kier molecular flexibility index (Phi) is 6.10. The fourth-order valence-electron chi connectivity index (χ4n) is 2.48. The summed E-state index contributed by atoms with van der Waals surface area (Å²) in [6, 6.07) is 13.0. The SMILES string of the molecule is Cc1nn(-c2cccc(Cl)c2)c(O)c1C=NNC(=S)Nc1ccc(C(=O)O)cc1. The molecule has 8 nitrogen and oxygen atoms in total. The molecule has 0 atom stereocenters. The highest BCUT2D eigenvalue weighted by Crippen LogP contribution is 2.24. The maximum Gasteiger partial charge on any atom is 0.335 e. The number of anilines is 1. The maximum atomic E-state index is 10.9. The molecule has 1 aromatic heterocycles. The molecule has 148 valence electrons. The number of benzene rings is 2. The summed E-state index contributed by atoms with van der Waals surface area (Å²) in [6.45, 7) is 1.74. The van der Waals surface area contributed by atoms with Crippen molar-refractivity contribution in [1.82, 2.24) is 15.2 Å². The smallest absolute Gasteiger partial charge is 0.335 e. The second-order valence-electron chi connectivity index (χ2n) is 5.92. The van der Waals surface area contributed by atoms with Crippen LogP contribution < -0.4 is 10.7 Å². The quantitative estimate of drug-likeness (QED) is 0.278. The highest BCUT2D eigenvalue weighted by atomic mass is 35.5. The first kappa shape index (κ1) is 20.3. The summed E-state index contributed by atoms with van der Waals surface area (Å²) in [5.41, 5.74) is 5.02. The van der Waals surface area contributed by atoms with Gasteiger partial charge in [-0.05, 0) is 61.6 Å². The van der Waals surface area contributed by atoms with E-state index in [0.717, 1.165) is 0 Å². The van der Waals surface area contributed by atoms with E-state index in [2.05, 4.69) is 20.9 Å². The largest absolute Gasteiger partial charge is 0.493 e. The summed E-state index contributed by atoms with van der Waals surface area (Å²) in [6.07, 6.45) is 1.40. The Balaban J connectivity index is 1.67. The van der Waals surface area contributed by atoms with Gasteiger partial charge in [-0.25, -0.2) is 9.48 Å². The molecule has 0 saturated carbocycles. The Morgan fingerprint density at radius 2 is 2.00 bits per heavy atom. The number of carboxylic acids is 1. The van der Waals surface area contributed by atoms with Crippen molar-refractivity contribution >= 4 is 46.8 Å². The van der Waals surface area contributed by atoms with Gasteiger partial charge in [-0.3, -0.25) is 5.43 Å². The first-order valence-corrected chi connectivity index (χ1v) is 9.11. The maximum absolute atomic E-state index is 10.9. The van der Waals surface area contributed by atoms with Crippen LogP contribution in [0.5, 0.6) is 5.88 Å². The fourth-order valence-corrected chi connectivity index (χ4v) is 2.83. The van der Waals surface area contributed by atoms with E-state index < -0.39 is 5.97 Å². The molecule has 4 N–H and O–H groups in total. The molecular formula is C19H16ClN5O3S. The van der Waals surface area contributed by atoms with Crippen LogP contribution in [0.3, 0.4) is 0 Å². The zero-order valence-electron chi connectivity index (χ0n) is 15.1. The van der Waals surface area contributed by atoms with Gasteiger partial charge in [-0.2, -0.15) is 10.2 Å². The summed E-state index contributed by atoms with van der Waals surface area (Å²) in [5, 5.41) is 31.3. The lowest BCUT2D eigenvalue weighted by molar-refractivity contribution is 0.0697. The summed E-state index contributed by atoms with van der Waals surface area (Å²) < 4.78 is 1.36. The van der Waals surface area contributed by atoms with Gasteiger partial charge in [0.25, 0.3) is 0 Å². The first-order chi connectivity index (χ1) is 13.8. The van der Waals surface area contributed by atoms with E-state index in [1.54, 1.807) is 43.3 Å². The van der Waals surface area contributed by atoms with Gasteiger partial charge in [0, 0.05) is 10.7 Å². The van der Waals surface area contributed by atoms with E-state index in [9.17, 15) is 9.90 Å². The molecule has 0 spiro atoms. The number of thiocarbonyl (C=S) groups is 1. The highest BCUT2D eigenvalue weighted by molar-refractivity contribution is 7.80. The molecular weight excluding hydrogens is 414 g/mol. The van der Waals surface area contributed by atoms with E-state index >= 15 is 0 Å². The fraction of sp³-hybridized carbons (Fsp3) is 0.0526. The van der Waals surface area contributed by atoms with Crippen LogP contribution in [0.4, 0.5) is 5.69 Å². The third-order valence-electron chi connectivity index (χ3n) is 3.88. The highest BCUT2D eigenvalue weighted by Gasteiger charge is 2.14. The van der Waals surface area contributed by atoms with E-state index in [1.165, 1.54) is 23.0 Å². The van der Waals surface area contributed by atoms with Crippen molar-refractivity contribution in [2.75, 3.05) is 5.32 Å². The summed E-state index contributed by atoms with van der Waals surface area (Å²) in [5.74, 6) is -1.09. The van der Waals surface area contributed by atoms with Gasteiger partial charge >= 0.3 is 5.97 Å². The number of nitrogens with one attached hydrogen (secondary N) is 2. The number of aromatic hydroxyl groups is 1. The number of aryl methyl sites for hydroxylation is 1. The van der Waals surface area contributed by atoms with Gasteiger partial charge in [-0.1, -0.05) is 17.7 Å².